The molecular formula is C18H34O4. The van der Waals surface area contributed by atoms with Gasteiger partial charge in [-0.25, -0.2) is 0 Å². The second-order valence-corrected chi connectivity index (χ2v) is 6.64. The zero-order valence-corrected chi connectivity index (χ0v) is 14.4. The number of hydrogen-bond acceptors (Lipinski definition) is 4. The lowest BCUT2D eigenvalue weighted by Crippen LogP contribution is -2.42. The minimum Gasteiger partial charge on any atom is -0.379 e. The molecule has 2 aliphatic heterocycles. The predicted octanol–water partition coefficient (Wildman–Crippen LogP) is 3.43. The first-order chi connectivity index (χ1) is 10.8. The summed E-state index contributed by atoms with van der Waals surface area (Å²) in [6.45, 7) is 9.59. The van der Waals surface area contributed by atoms with E-state index in [1.54, 1.807) is 0 Å². The SMILES string of the molecule is CCC1COC1COCCCCCCOCC1OCC1CC. The van der Waals surface area contributed by atoms with E-state index in [4.69, 9.17) is 18.9 Å². The average molecular weight is 314 g/mol. The third kappa shape index (κ3) is 5.80. The van der Waals surface area contributed by atoms with Gasteiger partial charge >= 0.3 is 0 Å². The summed E-state index contributed by atoms with van der Waals surface area (Å²) in [5.74, 6) is 1.45. The quantitative estimate of drug-likeness (QED) is 0.488. The van der Waals surface area contributed by atoms with Crippen molar-refractivity contribution in [1.29, 1.82) is 0 Å². The van der Waals surface area contributed by atoms with Crippen molar-refractivity contribution < 1.29 is 18.9 Å². The van der Waals surface area contributed by atoms with Gasteiger partial charge in [0.1, 0.15) is 0 Å². The summed E-state index contributed by atoms with van der Waals surface area (Å²) < 4.78 is 22.4. The van der Waals surface area contributed by atoms with E-state index in [1.807, 2.05) is 0 Å². The molecule has 4 atom stereocenters. The lowest BCUT2D eigenvalue weighted by molar-refractivity contribution is -0.147. The first-order valence-electron chi connectivity index (χ1n) is 9.23. The molecule has 2 fully saturated rings. The van der Waals surface area contributed by atoms with Crippen LogP contribution in [-0.2, 0) is 18.9 Å². The van der Waals surface area contributed by atoms with Crippen molar-refractivity contribution in [2.75, 3.05) is 39.6 Å². The molecule has 0 saturated carbocycles. The van der Waals surface area contributed by atoms with Crippen molar-refractivity contribution in [2.45, 2.75) is 64.6 Å². The van der Waals surface area contributed by atoms with E-state index in [9.17, 15) is 0 Å². The lowest BCUT2D eigenvalue weighted by atomic mass is 9.96. The molecule has 0 radical (unpaired) electrons. The summed E-state index contributed by atoms with van der Waals surface area (Å²) >= 11 is 0. The molecule has 4 heteroatoms. The zero-order valence-electron chi connectivity index (χ0n) is 14.4. The topological polar surface area (TPSA) is 36.9 Å². The molecule has 0 aromatic heterocycles. The molecule has 0 aromatic rings. The number of hydrogen-bond donors (Lipinski definition) is 0. The molecule has 0 bridgehead atoms. The minimum absolute atomic E-state index is 0.360. The fourth-order valence-corrected chi connectivity index (χ4v) is 3.03. The van der Waals surface area contributed by atoms with Crippen LogP contribution in [0, 0.1) is 11.8 Å². The molecule has 2 saturated heterocycles. The van der Waals surface area contributed by atoms with Gasteiger partial charge in [-0.1, -0.05) is 26.7 Å². The Morgan fingerprint density at radius 3 is 1.50 bits per heavy atom. The van der Waals surface area contributed by atoms with E-state index in [0.717, 1.165) is 64.3 Å². The Morgan fingerprint density at radius 2 is 1.18 bits per heavy atom. The summed E-state index contributed by atoms with van der Waals surface area (Å²) in [6, 6.07) is 0. The van der Waals surface area contributed by atoms with Crippen LogP contribution in [0.15, 0.2) is 0 Å². The number of ether oxygens (including phenoxy) is 4. The van der Waals surface area contributed by atoms with Gasteiger partial charge in [-0.05, 0) is 25.7 Å². The Hall–Kier alpha value is -0.160. The van der Waals surface area contributed by atoms with Crippen molar-refractivity contribution in [1.82, 2.24) is 0 Å². The van der Waals surface area contributed by atoms with Gasteiger partial charge in [0.15, 0.2) is 0 Å². The van der Waals surface area contributed by atoms with Crippen molar-refractivity contribution in [3.05, 3.63) is 0 Å². The fraction of sp³-hybridized carbons (Fsp3) is 1.00. The van der Waals surface area contributed by atoms with Crippen molar-refractivity contribution >= 4 is 0 Å². The van der Waals surface area contributed by atoms with Gasteiger partial charge in [0.25, 0.3) is 0 Å². The molecule has 22 heavy (non-hydrogen) atoms. The second kappa shape index (κ2) is 10.6. The van der Waals surface area contributed by atoms with Gasteiger partial charge in [0, 0.05) is 25.0 Å². The molecule has 4 unspecified atom stereocenters. The van der Waals surface area contributed by atoms with E-state index in [-0.39, 0.29) is 0 Å². The summed E-state index contributed by atoms with van der Waals surface area (Å²) in [4.78, 5) is 0. The number of unbranched alkanes of at least 4 members (excludes halogenated alkanes) is 3. The van der Waals surface area contributed by atoms with Gasteiger partial charge in [0.2, 0.25) is 0 Å². The van der Waals surface area contributed by atoms with E-state index in [2.05, 4.69) is 13.8 Å². The normalized spacial score (nSPS) is 30.8. The maximum atomic E-state index is 5.70. The molecule has 2 rings (SSSR count). The average Bonchev–Trinajstić information content (AvgIpc) is 2.47. The van der Waals surface area contributed by atoms with E-state index in [0.29, 0.717) is 12.2 Å². The molecule has 0 N–H and O–H groups in total. The Labute approximate surface area is 135 Å². The zero-order chi connectivity index (χ0) is 15.6. The maximum absolute atomic E-state index is 5.70. The molecule has 0 amide bonds. The van der Waals surface area contributed by atoms with E-state index in [1.165, 1.54) is 25.7 Å². The van der Waals surface area contributed by atoms with Crippen LogP contribution in [0.4, 0.5) is 0 Å². The largest absolute Gasteiger partial charge is 0.379 e. The Morgan fingerprint density at radius 1 is 0.727 bits per heavy atom. The van der Waals surface area contributed by atoms with Gasteiger partial charge in [-0.15, -0.1) is 0 Å². The first-order valence-corrected chi connectivity index (χ1v) is 9.23. The highest BCUT2D eigenvalue weighted by molar-refractivity contribution is 4.77. The molecule has 2 heterocycles. The molecule has 0 spiro atoms. The van der Waals surface area contributed by atoms with Crippen LogP contribution >= 0.6 is 0 Å². The molecule has 0 aliphatic carbocycles. The fourth-order valence-electron chi connectivity index (χ4n) is 3.03. The Kier molecular flexibility index (Phi) is 8.75. The van der Waals surface area contributed by atoms with Crippen LogP contribution < -0.4 is 0 Å². The van der Waals surface area contributed by atoms with Crippen molar-refractivity contribution in [3.8, 4) is 0 Å². The molecule has 0 aromatic carbocycles. The smallest absolute Gasteiger partial charge is 0.0858 e. The second-order valence-electron chi connectivity index (χ2n) is 6.64. The van der Waals surface area contributed by atoms with Crippen LogP contribution in [0.25, 0.3) is 0 Å². The monoisotopic (exact) mass is 314 g/mol. The van der Waals surface area contributed by atoms with Crippen LogP contribution in [0.2, 0.25) is 0 Å². The summed E-state index contributed by atoms with van der Waals surface area (Å²) in [7, 11) is 0. The molecule has 4 nitrogen and oxygen atoms in total. The summed E-state index contributed by atoms with van der Waals surface area (Å²) in [6.07, 6.45) is 7.88. The Bertz CT molecular complexity index is 252. The van der Waals surface area contributed by atoms with Crippen LogP contribution in [-0.4, -0.2) is 51.8 Å². The van der Waals surface area contributed by atoms with Gasteiger partial charge < -0.3 is 18.9 Å². The maximum Gasteiger partial charge on any atom is 0.0858 e. The lowest BCUT2D eigenvalue weighted by Gasteiger charge is -2.36. The van der Waals surface area contributed by atoms with Crippen LogP contribution in [0.5, 0.6) is 0 Å². The van der Waals surface area contributed by atoms with E-state index >= 15 is 0 Å². The van der Waals surface area contributed by atoms with Gasteiger partial charge in [0.05, 0.1) is 38.6 Å². The molecule has 2 aliphatic rings. The number of rotatable bonds is 13. The van der Waals surface area contributed by atoms with Crippen LogP contribution in [0.1, 0.15) is 52.4 Å². The van der Waals surface area contributed by atoms with Crippen LogP contribution in [0.3, 0.4) is 0 Å². The molecular weight excluding hydrogens is 280 g/mol. The van der Waals surface area contributed by atoms with Gasteiger partial charge in [-0.2, -0.15) is 0 Å². The van der Waals surface area contributed by atoms with Gasteiger partial charge in [-0.3, -0.25) is 0 Å². The highest BCUT2D eigenvalue weighted by Crippen LogP contribution is 2.24. The Balaban J connectivity index is 1.29. The highest BCUT2D eigenvalue weighted by Gasteiger charge is 2.30. The highest BCUT2D eigenvalue weighted by atomic mass is 16.6. The summed E-state index contributed by atoms with van der Waals surface area (Å²) in [5.41, 5.74) is 0. The van der Waals surface area contributed by atoms with Crippen molar-refractivity contribution in [2.24, 2.45) is 11.8 Å². The first kappa shape index (κ1) is 18.2. The third-order valence-electron chi connectivity index (χ3n) is 5.04. The predicted molar refractivity (Wildman–Crippen MR) is 87.1 cm³/mol. The minimum atomic E-state index is 0.360. The standard InChI is InChI=1S/C18H34O4/c1-3-15-11-21-17(15)13-19-9-7-5-6-8-10-20-14-18-16(4-2)12-22-18/h15-18H,3-14H2,1-2H3. The third-order valence-corrected chi connectivity index (χ3v) is 5.04. The van der Waals surface area contributed by atoms with Crippen molar-refractivity contribution in [3.63, 3.8) is 0 Å². The molecule has 130 valence electrons. The van der Waals surface area contributed by atoms with E-state index < -0.39 is 0 Å². The summed E-state index contributed by atoms with van der Waals surface area (Å²) in [5, 5.41) is 0.